The van der Waals surface area contributed by atoms with E-state index in [1.54, 1.807) is 18.7 Å². The Morgan fingerprint density at radius 1 is 1.43 bits per heavy atom. The number of rotatable bonds is 3. The summed E-state index contributed by atoms with van der Waals surface area (Å²) in [5.74, 6) is 0. The predicted molar refractivity (Wildman–Crippen MR) is 52.4 cm³/mol. The summed E-state index contributed by atoms with van der Waals surface area (Å²) in [5, 5.41) is 4.10. The average Bonchev–Trinajstić information content (AvgIpc) is 2.77. The maximum atomic E-state index is 5.58. The lowest BCUT2D eigenvalue weighted by molar-refractivity contribution is 0.649. The van der Waals surface area contributed by atoms with Gasteiger partial charge in [-0.25, -0.2) is 4.98 Å². The van der Waals surface area contributed by atoms with E-state index in [4.69, 9.17) is 5.73 Å². The fourth-order valence-corrected chi connectivity index (χ4v) is 1.39. The van der Waals surface area contributed by atoms with E-state index in [2.05, 4.69) is 10.1 Å². The summed E-state index contributed by atoms with van der Waals surface area (Å²) in [4.78, 5) is 4.06. The molecular formula is C9H13N5. The Balaban J connectivity index is 2.22. The molecule has 2 N–H and O–H groups in total. The van der Waals surface area contributed by atoms with Gasteiger partial charge in [-0.05, 0) is 6.07 Å². The second-order valence-corrected chi connectivity index (χ2v) is 3.16. The Hall–Kier alpha value is -1.62. The lowest BCUT2D eigenvalue weighted by Gasteiger charge is -2.06. The topological polar surface area (TPSA) is 61.7 Å². The molecule has 0 saturated carbocycles. The van der Waals surface area contributed by atoms with Gasteiger partial charge in [-0.1, -0.05) is 0 Å². The Morgan fingerprint density at radius 3 is 2.93 bits per heavy atom. The van der Waals surface area contributed by atoms with Gasteiger partial charge in [0.25, 0.3) is 0 Å². The minimum atomic E-state index is 0.512. The van der Waals surface area contributed by atoms with Crippen molar-refractivity contribution in [3.05, 3.63) is 36.2 Å². The molecule has 14 heavy (non-hydrogen) atoms. The highest BCUT2D eigenvalue weighted by Crippen LogP contribution is 2.04. The van der Waals surface area contributed by atoms with Gasteiger partial charge in [-0.15, -0.1) is 0 Å². The van der Waals surface area contributed by atoms with Crippen molar-refractivity contribution >= 4 is 0 Å². The first kappa shape index (κ1) is 8.96. The molecule has 0 bridgehead atoms. The van der Waals surface area contributed by atoms with E-state index >= 15 is 0 Å². The first-order valence-corrected chi connectivity index (χ1v) is 4.47. The summed E-state index contributed by atoms with van der Waals surface area (Å²) in [5.41, 5.74) is 7.75. The quantitative estimate of drug-likeness (QED) is 0.749. The average molecular weight is 191 g/mol. The van der Waals surface area contributed by atoms with Crippen molar-refractivity contribution in [2.45, 2.75) is 13.1 Å². The number of nitrogens with two attached hydrogens (primary N) is 1. The highest BCUT2D eigenvalue weighted by Gasteiger charge is 2.03. The first-order valence-electron chi connectivity index (χ1n) is 4.47. The highest BCUT2D eigenvalue weighted by molar-refractivity contribution is 5.05. The van der Waals surface area contributed by atoms with Crippen LogP contribution in [0.5, 0.6) is 0 Å². The Labute approximate surface area is 82.2 Å². The zero-order valence-corrected chi connectivity index (χ0v) is 8.09. The molecule has 5 heteroatoms. The maximum Gasteiger partial charge on any atom is 0.0952 e. The minimum Gasteiger partial charge on any atom is -0.327 e. The molecular weight excluding hydrogens is 178 g/mol. The second kappa shape index (κ2) is 3.63. The molecule has 2 aromatic rings. The number of hydrogen-bond donors (Lipinski definition) is 1. The molecule has 0 radical (unpaired) electrons. The van der Waals surface area contributed by atoms with E-state index in [-0.39, 0.29) is 0 Å². The van der Waals surface area contributed by atoms with Gasteiger partial charge in [-0.3, -0.25) is 4.68 Å². The van der Waals surface area contributed by atoms with Crippen LogP contribution in [0.2, 0.25) is 0 Å². The van der Waals surface area contributed by atoms with Crippen molar-refractivity contribution in [3.8, 4) is 0 Å². The normalized spacial score (nSPS) is 10.7. The summed E-state index contributed by atoms with van der Waals surface area (Å²) < 4.78 is 3.87. The smallest absolute Gasteiger partial charge is 0.0952 e. The van der Waals surface area contributed by atoms with Crippen LogP contribution in [0.4, 0.5) is 0 Å². The van der Waals surface area contributed by atoms with Crippen LogP contribution in [-0.2, 0) is 20.1 Å². The number of aryl methyl sites for hydroxylation is 1. The van der Waals surface area contributed by atoms with Gasteiger partial charge in [0, 0.05) is 26.0 Å². The number of aromatic nitrogens is 4. The largest absolute Gasteiger partial charge is 0.327 e. The molecule has 0 aliphatic rings. The molecule has 2 aromatic heterocycles. The third-order valence-electron chi connectivity index (χ3n) is 2.26. The van der Waals surface area contributed by atoms with Crippen LogP contribution in [0.1, 0.15) is 11.4 Å². The van der Waals surface area contributed by atoms with Crippen molar-refractivity contribution in [3.63, 3.8) is 0 Å². The molecule has 0 aliphatic heterocycles. The lowest BCUT2D eigenvalue weighted by atomic mass is 10.4. The Bertz CT molecular complexity index is 414. The van der Waals surface area contributed by atoms with Gasteiger partial charge < -0.3 is 10.3 Å². The Morgan fingerprint density at radius 2 is 2.29 bits per heavy atom. The van der Waals surface area contributed by atoms with Crippen LogP contribution >= 0.6 is 0 Å². The molecule has 74 valence electrons. The Kier molecular flexibility index (Phi) is 2.32. The van der Waals surface area contributed by atoms with Crippen molar-refractivity contribution in [1.82, 2.24) is 19.3 Å². The summed E-state index contributed by atoms with van der Waals surface area (Å²) in [6.07, 6.45) is 5.36. The van der Waals surface area contributed by atoms with Crippen LogP contribution in [0.3, 0.4) is 0 Å². The molecule has 0 atom stereocenters. The third kappa shape index (κ3) is 1.54. The first-order chi connectivity index (χ1) is 6.81. The molecule has 0 fully saturated rings. The van der Waals surface area contributed by atoms with Gasteiger partial charge >= 0.3 is 0 Å². The summed E-state index contributed by atoms with van der Waals surface area (Å²) >= 11 is 0. The number of hydrogen-bond acceptors (Lipinski definition) is 3. The SMILES string of the molecule is Cn1nccc1Cn1cncc1CN. The molecule has 0 unspecified atom stereocenters. The highest BCUT2D eigenvalue weighted by atomic mass is 15.3. The monoisotopic (exact) mass is 191 g/mol. The van der Waals surface area contributed by atoms with Gasteiger partial charge in [0.15, 0.2) is 0 Å². The zero-order valence-electron chi connectivity index (χ0n) is 8.09. The summed E-state index contributed by atoms with van der Waals surface area (Å²) in [6.45, 7) is 1.28. The van der Waals surface area contributed by atoms with Crippen molar-refractivity contribution < 1.29 is 0 Å². The van der Waals surface area contributed by atoms with Crippen molar-refractivity contribution in [2.24, 2.45) is 12.8 Å². The second-order valence-electron chi connectivity index (χ2n) is 3.16. The van der Waals surface area contributed by atoms with Gasteiger partial charge in [0.2, 0.25) is 0 Å². The molecule has 5 nitrogen and oxygen atoms in total. The van der Waals surface area contributed by atoms with Gasteiger partial charge in [0.05, 0.1) is 24.3 Å². The van der Waals surface area contributed by atoms with Crippen LogP contribution in [-0.4, -0.2) is 19.3 Å². The summed E-state index contributed by atoms with van der Waals surface area (Å²) in [7, 11) is 1.92. The number of imidazole rings is 1. The zero-order chi connectivity index (χ0) is 9.97. The summed E-state index contributed by atoms with van der Waals surface area (Å²) in [6, 6.07) is 1.99. The fourth-order valence-electron chi connectivity index (χ4n) is 1.39. The van der Waals surface area contributed by atoms with Crippen molar-refractivity contribution in [1.29, 1.82) is 0 Å². The molecule has 0 saturated heterocycles. The van der Waals surface area contributed by atoms with E-state index in [9.17, 15) is 0 Å². The fraction of sp³-hybridized carbons (Fsp3) is 0.333. The van der Waals surface area contributed by atoms with Gasteiger partial charge in [0.1, 0.15) is 0 Å². The van der Waals surface area contributed by atoms with E-state index in [0.717, 1.165) is 17.9 Å². The third-order valence-corrected chi connectivity index (χ3v) is 2.26. The molecule has 0 spiro atoms. The van der Waals surface area contributed by atoms with Crippen LogP contribution in [0.25, 0.3) is 0 Å². The standard InChI is InChI=1S/C9H13N5/c1-13-8(2-3-12-13)6-14-7-11-5-9(14)4-10/h2-3,5,7H,4,6,10H2,1H3. The van der Waals surface area contributed by atoms with Crippen LogP contribution in [0, 0.1) is 0 Å². The predicted octanol–water partition coefficient (Wildman–Crippen LogP) is 0.124. The molecule has 0 aromatic carbocycles. The van der Waals surface area contributed by atoms with E-state index < -0.39 is 0 Å². The lowest BCUT2D eigenvalue weighted by Crippen LogP contribution is -2.10. The van der Waals surface area contributed by atoms with Crippen LogP contribution < -0.4 is 5.73 Å². The molecule has 0 amide bonds. The van der Waals surface area contributed by atoms with Gasteiger partial charge in [-0.2, -0.15) is 5.10 Å². The van der Waals surface area contributed by atoms with E-state index in [0.29, 0.717) is 6.54 Å². The van der Waals surface area contributed by atoms with Crippen LogP contribution in [0.15, 0.2) is 24.8 Å². The molecule has 2 rings (SSSR count). The van der Waals surface area contributed by atoms with Crippen molar-refractivity contribution in [2.75, 3.05) is 0 Å². The van der Waals surface area contributed by atoms with E-state index in [1.807, 2.05) is 22.4 Å². The minimum absolute atomic E-state index is 0.512. The van der Waals surface area contributed by atoms with E-state index in [1.165, 1.54) is 0 Å². The maximum absolute atomic E-state index is 5.58. The molecule has 2 heterocycles. The molecule has 0 aliphatic carbocycles. The number of nitrogens with zero attached hydrogens (tertiary/aromatic N) is 4.